The van der Waals surface area contributed by atoms with Gasteiger partial charge in [-0.2, -0.15) is 4.72 Å². The average molecular weight is 167 g/mol. The summed E-state index contributed by atoms with van der Waals surface area (Å²) in [5.74, 6) is -1.17. The van der Waals surface area contributed by atoms with Gasteiger partial charge in [-0.25, -0.2) is 4.21 Å². The Morgan fingerprint density at radius 3 is 2.10 bits per heavy atom. The van der Waals surface area contributed by atoms with E-state index in [1.54, 1.807) is 0 Å². The highest BCUT2D eigenvalue weighted by atomic mass is 32.2. The van der Waals surface area contributed by atoms with Crippen molar-refractivity contribution in [1.29, 1.82) is 0 Å². The van der Waals surface area contributed by atoms with Gasteiger partial charge < -0.3 is 5.11 Å². The Kier molecular flexibility index (Phi) is 2.95. The van der Waals surface area contributed by atoms with E-state index < -0.39 is 22.8 Å². The minimum atomic E-state index is -2.29. The van der Waals surface area contributed by atoms with Crippen LogP contribution < -0.4 is 4.72 Å². The number of nitrogens with one attached hydrogen (secondary N) is 1. The van der Waals surface area contributed by atoms with Gasteiger partial charge in [0, 0.05) is 0 Å². The highest BCUT2D eigenvalue weighted by molar-refractivity contribution is 7.77. The molecular weight excluding hydrogens is 158 g/mol. The van der Waals surface area contributed by atoms with Crippen LogP contribution in [0.3, 0.4) is 0 Å². The lowest BCUT2D eigenvalue weighted by Gasteiger charge is -2.17. The van der Waals surface area contributed by atoms with Gasteiger partial charge in [-0.05, 0) is 13.8 Å². The van der Waals surface area contributed by atoms with Gasteiger partial charge in [0.25, 0.3) is 0 Å². The van der Waals surface area contributed by atoms with Gasteiger partial charge in [-0.15, -0.1) is 0 Å². The van der Waals surface area contributed by atoms with Crippen molar-refractivity contribution in [3.8, 4) is 0 Å². The highest BCUT2D eigenvalue weighted by Crippen LogP contribution is 2.00. The van der Waals surface area contributed by atoms with Gasteiger partial charge in [-0.3, -0.25) is 9.35 Å². The molecule has 0 saturated carbocycles. The molecule has 0 aromatic rings. The Balaban J connectivity index is 4.13. The molecule has 0 fully saturated rings. The molecular formula is C4H9NO4S. The molecule has 6 heteroatoms. The zero-order chi connectivity index (χ0) is 8.36. The van der Waals surface area contributed by atoms with E-state index in [1.807, 2.05) is 4.72 Å². The molecule has 3 N–H and O–H groups in total. The number of hydrogen-bond donors (Lipinski definition) is 3. The molecule has 10 heavy (non-hydrogen) atoms. The summed E-state index contributed by atoms with van der Waals surface area (Å²) in [5, 5.41) is 8.38. The molecule has 0 amide bonds. The SMILES string of the molecule is CC(C)(NS(=O)O)C(=O)O. The van der Waals surface area contributed by atoms with Crippen LogP contribution in [-0.2, 0) is 16.1 Å². The van der Waals surface area contributed by atoms with E-state index in [2.05, 4.69) is 0 Å². The van der Waals surface area contributed by atoms with Crippen molar-refractivity contribution in [2.45, 2.75) is 19.4 Å². The number of hydrogen-bond acceptors (Lipinski definition) is 2. The third kappa shape index (κ3) is 2.90. The third-order valence-electron chi connectivity index (χ3n) is 0.877. The van der Waals surface area contributed by atoms with E-state index >= 15 is 0 Å². The Hall–Kier alpha value is -0.460. The second-order valence-corrected chi connectivity index (χ2v) is 2.98. The molecule has 5 nitrogen and oxygen atoms in total. The van der Waals surface area contributed by atoms with E-state index in [0.29, 0.717) is 0 Å². The maximum Gasteiger partial charge on any atom is 0.324 e. The van der Waals surface area contributed by atoms with Crippen molar-refractivity contribution < 1.29 is 18.7 Å². The summed E-state index contributed by atoms with van der Waals surface area (Å²) in [6.07, 6.45) is 0. The fourth-order valence-electron chi connectivity index (χ4n) is 0.262. The van der Waals surface area contributed by atoms with Gasteiger partial charge in [0.05, 0.1) is 0 Å². The van der Waals surface area contributed by atoms with Crippen LogP contribution in [0.1, 0.15) is 13.8 Å². The highest BCUT2D eigenvalue weighted by Gasteiger charge is 2.28. The fourth-order valence-corrected chi connectivity index (χ4v) is 0.786. The Bertz CT molecular complexity index is 167. The smallest absolute Gasteiger partial charge is 0.324 e. The van der Waals surface area contributed by atoms with Crippen LogP contribution in [-0.4, -0.2) is 25.4 Å². The monoisotopic (exact) mass is 167 g/mol. The molecule has 0 spiro atoms. The molecule has 0 heterocycles. The van der Waals surface area contributed by atoms with Crippen LogP contribution in [0.2, 0.25) is 0 Å². The first-order chi connectivity index (χ1) is 4.36. The van der Waals surface area contributed by atoms with Crippen LogP contribution in [0.25, 0.3) is 0 Å². The van der Waals surface area contributed by atoms with Gasteiger partial charge in [-0.1, -0.05) is 0 Å². The molecule has 1 atom stereocenters. The normalized spacial score (nSPS) is 14.7. The minimum absolute atomic E-state index is 1.17. The van der Waals surface area contributed by atoms with Crippen LogP contribution in [0.15, 0.2) is 0 Å². The minimum Gasteiger partial charge on any atom is -0.480 e. The first-order valence-electron chi connectivity index (χ1n) is 2.48. The lowest BCUT2D eigenvalue weighted by Crippen LogP contribution is -2.47. The van der Waals surface area contributed by atoms with Crippen molar-refractivity contribution in [1.82, 2.24) is 4.72 Å². The van der Waals surface area contributed by atoms with Crippen molar-refractivity contribution in [2.75, 3.05) is 0 Å². The topological polar surface area (TPSA) is 86.6 Å². The van der Waals surface area contributed by atoms with E-state index in [1.165, 1.54) is 13.8 Å². The number of carboxylic acid groups (broad SMARTS) is 1. The molecule has 0 bridgehead atoms. The summed E-state index contributed by atoms with van der Waals surface area (Å²) >= 11 is -2.29. The molecule has 1 unspecified atom stereocenters. The molecule has 0 rings (SSSR count). The van der Waals surface area contributed by atoms with Crippen molar-refractivity contribution in [3.63, 3.8) is 0 Å². The molecule has 0 aliphatic heterocycles. The fraction of sp³-hybridized carbons (Fsp3) is 0.750. The van der Waals surface area contributed by atoms with E-state index in [4.69, 9.17) is 9.66 Å². The molecule has 0 aliphatic rings. The van der Waals surface area contributed by atoms with Crippen LogP contribution in [0, 0.1) is 0 Å². The molecule has 0 aliphatic carbocycles. The first kappa shape index (κ1) is 9.54. The van der Waals surface area contributed by atoms with Gasteiger partial charge >= 0.3 is 5.97 Å². The molecule has 0 aromatic carbocycles. The van der Waals surface area contributed by atoms with Gasteiger partial charge in [0.15, 0.2) is 0 Å². The number of carbonyl (C=O) groups is 1. The van der Waals surface area contributed by atoms with Crippen LogP contribution in [0.5, 0.6) is 0 Å². The van der Waals surface area contributed by atoms with Crippen LogP contribution >= 0.6 is 0 Å². The number of aliphatic carboxylic acids is 1. The van der Waals surface area contributed by atoms with Gasteiger partial charge in [0.1, 0.15) is 5.54 Å². The zero-order valence-corrected chi connectivity index (χ0v) is 6.44. The average Bonchev–Trinajstić information content (AvgIpc) is 1.60. The Morgan fingerprint density at radius 2 is 2.00 bits per heavy atom. The predicted octanol–water partition coefficient (Wildman–Crippen LogP) is -0.424. The van der Waals surface area contributed by atoms with E-state index in [0.717, 1.165) is 0 Å². The summed E-state index contributed by atoms with van der Waals surface area (Å²) in [6, 6.07) is 0. The maximum atomic E-state index is 10.2. The standard InChI is InChI=1S/C4H9NO4S/c1-4(2,3(6)7)5-10(8)9/h5H,1-2H3,(H,6,7)(H,8,9). The number of carboxylic acids is 1. The zero-order valence-electron chi connectivity index (χ0n) is 5.62. The summed E-state index contributed by atoms with van der Waals surface area (Å²) in [4.78, 5) is 10.2. The third-order valence-corrected chi connectivity index (χ3v) is 1.56. The molecule has 60 valence electrons. The second kappa shape index (κ2) is 3.09. The van der Waals surface area contributed by atoms with Crippen molar-refractivity contribution >= 4 is 17.2 Å². The summed E-state index contributed by atoms with van der Waals surface area (Å²) in [6.45, 7) is 2.59. The Labute approximate surface area is 60.9 Å². The van der Waals surface area contributed by atoms with E-state index in [9.17, 15) is 9.00 Å². The molecule has 0 saturated heterocycles. The lowest BCUT2D eigenvalue weighted by molar-refractivity contribution is -0.142. The Morgan fingerprint density at radius 1 is 1.60 bits per heavy atom. The first-order valence-corrected chi connectivity index (χ1v) is 3.59. The molecule has 0 aromatic heterocycles. The second-order valence-electron chi connectivity index (χ2n) is 2.28. The number of rotatable bonds is 3. The molecule has 0 radical (unpaired) electrons. The largest absolute Gasteiger partial charge is 0.480 e. The predicted molar refractivity (Wildman–Crippen MR) is 35.6 cm³/mol. The van der Waals surface area contributed by atoms with E-state index in [-0.39, 0.29) is 0 Å². The summed E-state index contributed by atoms with van der Waals surface area (Å²) < 4.78 is 20.2. The quantitative estimate of drug-likeness (QED) is 0.498. The lowest BCUT2D eigenvalue weighted by atomic mass is 10.1. The van der Waals surface area contributed by atoms with Crippen molar-refractivity contribution in [2.24, 2.45) is 0 Å². The van der Waals surface area contributed by atoms with Gasteiger partial charge in [0.2, 0.25) is 11.3 Å². The summed E-state index contributed by atoms with van der Waals surface area (Å²) in [7, 11) is 0. The maximum absolute atomic E-state index is 10.2. The van der Waals surface area contributed by atoms with Crippen molar-refractivity contribution in [3.05, 3.63) is 0 Å². The van der Waals surface area contributed by atoms with Crippen LogP contribution in [0.4, 0.5) is 0 Å². The summed E-state index contributed by atoms with van der Waals surface area (Å²) in [5.41, 5.74) is -1.36.